The largest absolute Gasteiger partial charge is 0.395 e. The highest BCUT2D eigenvalue weighted by atomic mass is 32.2. The molecular formula is C13H16FNO4S. The zero-order chi connectivity index (χ0) is 14.3. The van der Waals surface area contributed by atoms with Crippen LogP contribution in [0.1, 0.15) is 6.42 Å². The van der Waals surface area contributed by atoms with E-state index in [9.17, 15) is 17.9 Å². The number of aliphatic hydroxyl groups is 1. The predicted octanol–water partition coefficient (Wildman–Crippen LogP) is 0.596. The van der Waals surface area contributed by atoms with Crippen LogP contribution in [0.2, 0.25) is 0 Å². The van der Waals surface area contributed by atoms with Crippen LogP contribution in [0.15, 0.2) is 29.2 Å². The lowest BCUT2D eigenvalue weighted by atomic mass is 10.0. The van der Waals surface area contributed by atoms with E-state index in [2.05, 4.69) is 0 Å². The van der Waals surface area contributed by atoms with Gasteiger partial charge in [0.2, 0.25) is 10.0 Å². The molecule has 2 aliphatic heterocycles. The lowest BCUT2D eigenvalue weighted by Gasteiger charge is -2.27. The molecule has 2 fully saturated rings. The summed E-state index contributed by atoms with van der Waals surface area (Å²) in [6, 6.07) is 4.09. The molecule has 2 aliphatic rings. The fourth-order valence-corrected chi connectivity index (χ4v) is 4.93. The lowest BCUT2D eigenvalue weighted by Crippen LogP contribution is -2.44. The van der Waals surface area contributed by atoms with Crippen LogP contribution in [-0.2, 0) is 14.8 Å². The maximum atomic E-state index is 12.9. The summed E-state index contributed by atoms with van der Waals surface area (Å²) < 4.78 is 45.0. The highest BCUT2D eigenvalue weighted by Crippen LogP contribution is 2.38. The van der Waals surface area contributed by atoms with Gasteiger partial charge in [-0.2, -0.15) is 4.31 Å². The third kappa shape index (κ3) is 2.14. The predicted molar refractivity (Wildman–Crippen MR) is 69.0 cm³/mol. The first-order chi connectivity index (χ1) is 9.54. The van der Waals surface area contributed by atoms with Crippen molar-refractivity contribution < 1.29 is 22.7 Å². The van der Waals surface area contributed by atoms with E-state index in [0.717, 1.165) is 12.1 Å². The van der Waals surface area contributed by atoms with Crippen LogP contribution in [0.4, 0.5) is 4.39 Å². The lowest BCUT2D eigenvalue weighted by molar-refractivity contribution is 0.136. The molecule has 5 nitrogen and oxygen atoms in total. The van der Waals surface area contributed by atoms with Gasteiger partial charge < -0.3 is 9.84 Å². The van der Waals surface area contributed by atoms with Crippen molar-refractivity contribution in [3.8, 4) is 0 Å². The zero-order valence-electron chi connectivity index (χ0n) is 10.8. The average molecular weight is 301 g/mol. The molecule has 2 heterocycles. The summed E-state index contributed by atoms with van der Waals surface area (Å²) in [4.78, 5) is 0.0462. The van der Waals surface area contributed by atoms with Gasteiger partial charge >= 0.3 is 0 Å². The van der Waals surface area contributed by atoms with Gasteiger partial charge in [0.05, 0.1) is 30.8 Å². The number of aliphatic hydroxyl groups excluding tert-OH is 1. The van der Waals surface area contributed by atoms with Gasteiger partial charge in [0, 0.05) is 12.0 Å². The summed E-state index contributed by atoms with van der Waals surface area (Å²) in [7, 11) is -3.74. The quantitative estimate of drug-likeness (QED) is 0.887. The Morgan fingerprint density at radius 2 is 2.00 bits per heavy atom. The highest BCUT2D eigenvalue weighted by Gasteiger charge is 2.49. The van der Waals surface area contributed by atoms with Crippen LogP contribution >= 0.6 is 0 Å². The molecule has 0 unspecified atom stereocenters. The summed E-state index contributed by atoms with van der Waals surface area (Å²) in [5.41, 5.74) is 0. The Labute approximate surface area is 117 Å². The van der Waals surface area contributed by atoms with E-state index in [4.69, 9.17) is 4.74 Å². The van der Waals surface area contributed by atoms with Gasteiger partial charge in [0.1, 0.15) is 5.82 Å². The second-order valence-corrected chi connectivity index (χ2v) is 7.07. The highest BCUT2D eigenvalue weighted by molar-refractivity contribution is 7.89. The van der Waals surface area contributed by atoms with Crippen LogP contribution in [0, 0.1) is 11.7 Å². The van der Waals surface area contributed by atoms with E-state index < -0.39 is 21.9 Å². The van der Waals surface area contributed by atoms with Gasteiger partial charge in [-0.15, -0.1) is 0 Å². The van der Waals surface area contributed by atoms with Gasteiger partial charge in [-0.25, -0.2) is 12.8 Å². The molecule has 20 heavy (non-hydrogen) atoms. The molecular weight excluding hydrogens is 285 g/mol. The fourth-order valence-electron chi connectivity index (χ4n) is 3.08. The van der Waals surface area contributed by atoms with Gasteiger partial charge in [-0.3, -0.25) is 0 Å². The van der Waals surface area contributed by atoms with E-state index in [1.54, 1.807) is 0 Å². The van der Waals surface area contributed by atoms with Crippen molar-refractivity contribution in [2.45, 2.75) is 23.4 Å². The van der Waals surface area contributed by atoms with E-state index >= 15 is 0 Å². The Balaban J connectivity index is 1.98. The van der Waals surface area contributed by atoms with Crippen molar-refractivity contribution in [3.63, 3.8) is 0 Å². The molecule has 0 radical (unpaired) electrons. The minimum absolute atomic E-state index is 0.0462. The van der Waals surface area contributed by atoms with Gasteiger partial charge in [-0.1, -0.05) is 0 Å². The maximum absolute atomic E-state index is 12.9. The summed E-state index contributed by atoms with van der Waals surface area (Å²) in [5, 5.41) is 9.44. The van der Waals surface area contributed by atoms with Crippen molar-refractivity contribution in [1.82, 2.24) is 4.31 Å². The second kappa shape index (κ2) is 5.07. The topological polar surface area (TPSA) is 66.8 Å². The van der Waals surface area contributed by atoms with Crippen molar-refractivity contribution in [3.05, 3.63) is 30.1 Å². The minimum atomic E-state index is -3.74. The molecule has 0 bridgehead atoms. The molecule has 0 aliphatic carbocycles. The molecule has 3 atom stereocenters. The van der Waals surface area contributed by atoms with Gasteiger partial charge in [0.15, 0.2) is 0 Å². The summed E-state index contributed by atoms with van der Waals surface area (Å²) in [6.45, 7) is 0.658. The Morgan fingerprint density at radius 1 is 1.30 bits per heavy atom. The van der Waals surface area contributed by atoms with Crippen molar-refractivity contribution >= 4 is 10.0 Å². The SMILES string of the molecule is O=S(=O)(c1ccc(F)cc1)N1[C@H](CO)C[C@@H]2COC[C@H]21. The van der Waals surface area contributed by atoms with Crippen LogP contribution < -0.4 is 0 Å². The fraction of sp³-hybridized carbons (Fsp3) is 0.538. The normalized spacial score (nSPS) is 30.6. The van der Waals surface area contributed by atoms with E-state index in [1.165, 1.54) is 16.4 Å². The summed E-state index contributed by atoms with van der Waals surface area (Å²) in [5.74, 6) is -0.353. The van der Waals surface area contributed by atoms with Gasteiger partial charge in [0.25, 0.3) is 0 Å². The number of sulfonamides is 1. The molecule has 1 aromatic rings. The number of hydrogen-bond donors (Lipinski definition) is 1. The minimum Gasteiger partial charge on any atom is -0.395 e. The maximum Gasteiger partial charge on any atom is 0.243 e. The molecule has 1 aromatic carbocycles. The molecule has 7 heteroatoms. The Kier molecular flexibility index (Phi) is 3.53. The number of ether oxygens (including phenoxy) is 1. The molecule has 0 amide bonds. The monoisotopic (exact) mass is 301 g/mol. The third-order valence-corrected chi connectivity index (χ3v) is 6.02. The van der Waals surface area contributed by atoms with Gasteiger partial charge in [-0.05, 0) is 30.7 Å². The molecule has 110 valence electrons. The molecule has 0 spiro atoms. The number of rotatable bonds is 3. The van der Waals surface area contributed by atoms with Crippen LogP contribution in [-0.4, -0.2) is 49.7 Å². The Morgan fingerprint density at radius 3 is 2.65 bits per heavy atom. The molecule has 0 aromatic heterocycles. The molecule has 0 saturated carbocycles. The first-order valence-corrected chi connectivity index (χ1v) is 7.95. The number of nitrogens with zero attached hydrogens (tertiary/aromatic N) is 1. The first kappa shape index (κ1) is 13.9. The van der Waals surface area contributed by atoms with E-state index in [1.807, 2.05) is 0 Å². The van der Waals surface area contributed by atoms with Crippen molar-refractivity contribution in [1.29, 1.82) is 0 Å². The molecule has 1 N–H and O–H groups in total. The number of fused-ring (bicyclic) bond motifs is 1. The Bertz CT molecular complexity index is 589. The van der Waals surface area contributed by atoms with Crippen LogP contribution in [0.25, 0.3) is 0 Å². The van der Waals surface area contributed by atoms with Crippen LogP contribution in [0.5, 0.6) is 0 Å². The molecule has 2 saturated heterocycles. The Hall–Kier alpha value is -1.02. The van der Waals surface area contributed by atoms with Crippen molar-refractivity contribution in [2.75, 3.05) is 19.8 Å². The summed E-state index contributed by atoms with van der Waals surface area (Å²) in [6.07, 6.45) is 0.599. The second-order valence-electron chi connectivity index (χ2n) is 5.23. The third-order valence-electron chi connectivity index (χ3n) is 4.03. The smallest absolute Gasteiger partial charge is 0.243 e. The standard InChI is InChI=1S/C13H16FNO4S/c14-10-1-3-12(4-2-10)20(17,18)15-11(6-16)5-9-7-19-8-13(9)15/h1-4,9,11,13,16H,5-8H2/t9-,11+,13-/m1/s1. The number of halogens is 1. The average Bonchev–Trinajstić information content (AvgIpc) is 2.98. The first-order valence-electron chi connectivity index (χ1n) is 6.51. The van der Waals surface area contributed by atoms with Crippen molar-refractivity contribution in [2.24, 2.45) is 5.92 Å². The number of hydrogen-bond acceptors (Lipinski definition) is 4. The van der Waals surface area contributed by atoms with Crippen LogP contribution in [0.3, 0.4) is 0 Å². The summed E-state index contributed by atoms with van der Waals surface area (Å²) >= 11 is 0. The number of benzene rings is 1. The van der Waals surface area contributed by atoms with E-state index in [-0.39, 0.29) is 23.5 Å². The zero-order valence-corrected chi connectivity index (χ0v) is 11.6. The molecule has 3 rings (SSSR count). The van der Waals surface area contributed by atoms with E-state index in [0.29, 0.717) is 19.6 Å².